The topological polar surface area (TPSA) is 60.1 Å². The summed E-state index contributed by atoms with van der Waals surface area (Å²) in [4.78, 5) is 0. The zero-order valence-electron chi connectivity index (χ0n) is 19.4. The van der Waals surface area contributed by atoms with E-state index in [0.29, 0.717) is 10.6 Å². The molecule has 2 aromatic carbocycles. The summed E-state index contributed by atoms with van der Waals surface area (Å²) in [6.07, 6.45) is 0.772. The summed E-state index contributed by atoms with van der Waals surface area (Å²) >= 11 is 6.21. The number of rotatable bonds is 9. The number of benzene rings is 2. The van der Waals surface area contributed by atoms with E-state index in [1.807, 2.05) is 29.8 Å². The molecule has 0 fully saturated rings. The summed E-state index contributed by atoms with van der Waals surface area (Å²) in [5.41, 5.74) is 5.69. The van der Waals surface area contributed by atoms with E-state index in [4.69, 9.17) is 31.4 Å². The second-order valence-electron chi connectivity index (χ2n) is 9.14. The Morgan fingerprint density at radius 1 is 1.09 bits per heavy atom. The molecule has 1 heterocycles. The number of halogens is 1. The van der Waals surface area contributed by atoms with E-state index in [2.05, 4.69) is 44.8 Å². The highest BCUT2D eigenvalue weighted by Crippen LogP contribution is 2.25. The van der Waals surface area contributed by atoms with E-state index in [0.717, 1.165) is 41.9 Å². The highest BCUT2D eigenvalue weighted by atomic mass is 35.5. The Morgan fingerprint density at radius 3 is 2.44 bits per heavy atom. The van der Waals surface area contributed by atoms with E-state index in [9.17, 15) is 0 Å². The normalized spacial score (nSPS) is 11.4. The van der Waals surface area contributed by atoms with Gasteiger partial charge in [-0.05, 0) is 55.8 Å². The van der Waals surface area contributed by atoms with Gasteiger partial charge in [0.05, 0.1) is 22.0 Å². The molecule has 0 N–H and O–H groups in total. The van der Waals surface area contributed by atoms with Crippen molar-refractivity contribution in [3.05, 3.63) is 75.6 Å². The number of nitriles is 1. The molecule has 3 rings (SSSR count). The Balaban J connectivity index is 1.64. The maximum Gasteiger partial charge on any atom is 0.189 e. The van der Waals surface area contributed by atoms with Gasteiger partial charge < -0.3 is 9.47 Å². The monoisotopic (exact) mass is 467 g/mol. The van der Waals surface area contributed by atoms with Gasteiger partial charge in [-0.2, -0.15) is 10.4 Å². The fraction of sp³-hybridized carbons (Fsp3) is 0.360. The summed E-state index contributed by atoms with van der Waals surface area (Å²) in [5.74, 6) is 0.804. The Kier molecular flexibility index (Phi) is 7.78. The molecule has 5 nitrogen and oxygen atoms in total. The second-order valence-corrected chi connectivity index (χ2v) is 15.2. The van der Waals surface area contributed by atoms with Crippen molar-refractivity contribution in [2.24, 2.45) is 0 Å². The molecule has 0 aliphatic heterocycles. The first-order valence-electron chi connectivity index (χ1n) is 10.7. The first kappa shape index (κ1) is 24.1. The van der Waals surface area contributed by atoms with Crippen LogP contribution in [0.5, 0.6) is 5.75 Å². The number of aryl methyl sites for hydroxylation is 1. The van der Waals surface area contributed by atoms with Crippen LogP contribution in [0.15, 0.2) is 42.5 Å². The zero-order chi connectivity index (χ0) is 23.3. The minimum atomic E-state index is -1.07. The van der Waals surface area contributed by atoms with Gasteiger partial charge in [0, 0.05) is 32.4 Å². The molecular weight excluding hydrogens is 438 g/mol. The quantitative estimate of drug-likeness (QED) is 0.210. The standard InChI is InChI=1S/C25H30ClN3O2Si/c1-18-24(19(2)29(28-18)22-9-8-21(16-27)25(26)15-22)14-20-6-10-23(11-7-20)31-17-30-12-13-32(3,4)5/h6-11,15H,12-14,17H2,1-5H3. The van der Waals surface area contributed by atoms with Crippen molar-refractivity contribution in [3.8, 4) is 17.5 Å². The lowest BCUT2D eigenvalue weighted by atomic mass is 10.0. The Morgan fingerprint density at radius 2 is 1.81 bits per heavy atom. The molecule has 0 atom stereocenters. The molecule has 7 heteroatoms. The summed E-state index contributed by atoms with van der Waals surface area (Å²) in [6.45, 7) is 12.1. The van der Waals surface area contributed by atoms with Gasteiger partial charge in [-0.15, -0.1) is 0 Å². The van der Waals surface area contributed by atoms with Crippen LogP contribution in [0.1, 0.15) is 28.1 Å². The highest BCUT2D eigenvalue weighted by Gasteiger charge is 2.15. The molecule has 0 radical (unpaired) electrons. The van der Waals surface area contributed by atoms with Gasteiger partial charge in [0.15, 0.2) is 6.79 Å². The molecule has 0 bridgehead atoms. The third kappa shape index (κ3) is 6.23. The third-order valence-corrected chi connectivity index (χ3v) is 7.39. The van der Waals surface area contributed by atoms with E-state index < -0.39 is 8.07 Å². The lowest BCUT2D eigenvalue weighted by Gasteiger charge is -2.15. The first-order valence-corrected chi connectivity index (χ1v) is 14.8. The van der Waals surface area contributed by atoms with E-state index in [-0.39, 0.29) is 6.79 Å². The zero-order valence-corrected chi connectivity index (χ0v) is 21.2. The van der Waals surface area contributed by atoms with Crippen molar-refractivity contribution in [1.29, 1.82) is 5.26 Å². The van der Waals surface area contributed by atoms with Gasteiger partial charge in [-0.1, -0.05) is 43.4 Å². The van der Waals surface area contributed by atoms with E-state index in [1.165, 1.54) is 11.1 Å². The van der Waals surface area contributed by atoms with Gasteiger partial charge in [0.1, 0.15) is 11.8 Å². The molecule has 1 aromatic heterocycles. The van der Waals surface area contributed by atoms with Crippen LogP contribution in [0.25, 0.3) is 5.69 Å². The summed E-state index contributed by atoms with van der Waals surface area (Å²) in [7, 11) is -1.07. The number of hydrogen-bond acceptors (Lipinski definition) is 4. The fourth-order valence-electron chi connectivity index (χ4n) is 3.36. The van der Waals surface area contributed by atoms with Crippen molar-refractivity contribution in [3.63, 3.8) is 0 Å². The van der Waals surface area contributed by atoms with Crippen molar-refractivity contribution in [1.82, 2.24) is 9.78 Å². The molecule has 0 saturated heterocycles. The molecule has 0 aliphatic carbocycles. The minimum Gasteiger partial charge on any atom is -0.468 e. The fourth-order valence-corrected chi connectivity index (χ4v) is 4.34. The van der Waals surface area contributed by atoms with Gasteiger partial charge in [-0.25, -0.2) is 4.68 Å². The molecule has 3 aromatic rings. The van der Waals surface area contributed by atoms with E-state index in [1.54, 1.807) is 12.1 Å². The molecule has 0 spiro atoms. The van der Waals surface area contributed by atoms with Crippen LogP contribution in [0.2, 0.25) is 30.7 Å². The summed E-state index contributed by atoms with van der Waals surface area (Å²) < 4.78 is 13.2. The van der Waals surface area contributed by atoms with Crippen molar-refractivity contribution >= 4 is 19.7 Å². The minimum absolute atomic E-state index is 0.280. The molecule has 0 saturated carbocycles. The van der Waals surface area contributed by atoms with Crippen LogP contribution in [0.4, 0.5) is 0 Å². The third-order valence-electron chi connectivity index (χ3n) is 5.37. The van der Waals surface area contributed by atoms with Crippen LogP contribution in [-0.4, -0.2) is 31.3 Å². The predicted octanol–water partition coefficient (Wildman–Crippen LogP) is 6.30. The highest BCUT2D eigenvalue weighted by molar-refractivity contribution is 6.76. The van der Waals surface area contributed by atoms with Crippen molar-refractivity contribution in [2.75, 3.05) is 13.4 Å². The van der Waals surface area contributed by atoms with Gasteiger partial charge in [0.25, 0.3) is 0 Å². The summed E-state index contributed by atoms with van der Waals surface area (Å²) in [5, 5.41) is 14.2. The van der Waals surface area contributed by atoms with Crippen LogP contribution >= 0.6 is 11.6 Å². The van der Waals surface area contributed by atoms with Crippen LogP contribution in [0.3, 0.4) is 0 Å². The molecular formula is C25H30ClN3O2Si. The Bertz CT molecular complexity index is 1110. The van der Waals surface area contributed by atoms with E-state index >= 15 is 0 Å². The largest absolute Gasteiger partial charge is 0.468 e. The second kappa shape index (κ2) is 10.3. The van der Waals surface area contributed by atoms with Crippen LogP contribution in [-0.2, 0) is 11.2 Å². The average molecular weight is 468 g/mol. The number of nitrogens with zero attached hydrogens (tertiary/aromatic N) is 3. The van der Waals surface area contributed by atoms with Gasteiger partial charge in [0.2, 0.25) is 0 Å². The van der Waals surface area contributed by atoms with Crippen LogP contribution in [0, 0.1) is 25.2 Å². The molecule has 168 valence electrons. The van der Waals surface area contributed by atoms with Crippen LogP contribution < -0.4 is 4.74 Å². The number of hydrogen-bond donors (Lipinski definition) is 0. The lowest BCUT2D eigenvalue weighted by molar-refractivity contribution is 0.0220. The average Bonchev–Trinajstić information content (AvgIpc) is 3.02. The van der Waals surface area contributed by atoms with Gasteiger partial charge >= 0.3 is 0 Å². The molecule has 0 amide bonds. The molecule has 0 aliphatic rings. The molecule has 32 heavy (non-hydrogen) atoms. The van der Waals surface area contributed by atoms with Crippen molar-refractivity contribution in [2.45, 2.75) is 46.0 Å². The molecule has 0 unspecified atom stereocenters. The number of ether oxygens (including phenoxy) is 2. The Hall–Kier alpha value is -2.59. The SMILES string of the molecule is Cc1nn(-c2ccc(C#N)c(Cl)c2)c(C)c1Cc1ccc(OCOCC[Si](C)(C)C)cc1. The first-order chi connectivity index (χ1) is 15.2. The number of aromatic nitrogens is 2. The maximum absolute atomic E-state index is 9.10. The predicted molar refractivity (Wildman–Crippen MR) is 132 cm³/mol. The maximum atomic E-state index is 9.10. The van der Waals surface area contributed by atoms with Gasteiger partial charge in [-0.3, -0.25) is 0 Å². The van der Waals surface area contributed by atoms with Crippen molar-refractivity contribution < 1.29 is 9.47 Å². The lowest BCUT2D eigenvalue weighted by Crippen LogP contribution is -2.22. The Labute approximate surface area is 196 Å². The smallest absolute Gasteiger partial charge is 0.189 e. The summed E-state index contributed by atoms with van der Waals surface area (Å²) in [6, 6.07) is 16.7.